The topological polar surface area (TPSA) is 101 Å². The van der Waals surface area contributed by atoms with Crippen molar-refractivity contribution >= 4 is 11.8 Å². The molecule has 0 aromatic heterocycles. The van der Waals surface area contributed by atoms with E-state index in [1.165, 1.54) is 5.56 Å². The van der Waals surface area contributed by atoms with E-state index in [-0.39, 0.29) is 18.4 Å². The molecular weight excluding hydrogens is 430 g/mol. The molecular formula is C25H39N7O2. The zero-order valence-corrected chi connectivity index (χ0v) is 20.0. The van der Waals surface area contributed by atoms with E-state index in [4.69, 9.17) is 0 Å². The molecule has 1 fully saturated rings. The third-order valence-electron chi connectivity index (χ3n) is 5.78. The highest BCUT2D eigenvalue weighted by Gasteiger charge is 2.14. The number of hydrogen-bond acceptors (Lipinski definition) is 7. The van der Waals surface area contributed by atoms with Gasteiger partial charge in [-0.25, -0.2) is 0 Å². The van der Waals surface area contributed by atoms with E-state index in [9.17, 15) is 9.59 Å². The van der Waals surface area contributed by atoms with Crippen LogP contribution in [0, 0.1) is 0 Å². The summed E-state index contributed by atoms with van der Waals surface area (Å²) in [4.78, 5) is 29.2. The van der Waals surface area contributed by atoms with Gasteiger partial charge < -0.3 is 31.5 Å². The molecule has 1 aromatic rings. The van der Waals surface area contributed by atoms with Gasteiger partial charge in [-0.15, -0.1) is 0 Å². The molecule has 0 saturated carbocycles. The molecule has 3 rings (SSSR count). The van der Waals surface area contributed by atoms with Crippen molar-refractivity contribution < 1.29 is 9.59 Å². The molecule has 1 aromatic carbocycles. The number of hydrogen-bond donors (Lipinski definition) is 5. The van der Waals surface area contributed by atoms with E-state index < -0.39 is 0 Å². The molecule has 2 aliphatic rings. The third kappa shape index (κ3) is 10.0. The highest BCUT2D eigenvalue weighted by molar-refractivity contribution is 5.96. The van der Waals surface area contributed by atoms with Gasteiger partial charge in [0.15, 0.2) is 0 Å². The lowest BCUT2D eigenvalue weighted by atomic mass is 10.1. The Labute approximate surface area is 203 Å². The summed E-state index contributed by atoms with van der Waals surface area (Å²) in [6, 6.07) is 10.1. The first-order chi connectivity index (χ1) is 16.7. The monoisotopic (exact) mass is 469 g/mol. The first kappa shape index (κ1) is 25.9. The third-order valence-corrected chi connectivity index (χ3v) is 5.78. The van der Waals surface area contributed by atoms with Gasteiger partial charge in [-0.2, -0.15) is 0 Å². The number of allylic oxidation sites excluding steroid dienone is 1. The van der Waals surface area contributed by atoms with Gasteiger partial charge in [0.05, 0.1) is 6.54 Å². The Morgan fingerprint density at radius 2 is 1.56 bits per heavy atom. The second kappa shape index (κ2) is 15.2. The number of nitrogens with zero attached hydrogens (tertiary/aromatic N) is 2. The number of rotatable bonds is 8. The number of nitrogens with one attached hydrogen (secondary N) is 5. The maximum atomic E-state index is 12.6. The van der Waals surface area contributed by atoms with Gasteiger partial charge in [0.25, 0.3) is 0 Å². The van der Waals surface area contributed by atoms with Crippen LogP contribution >= 0.6 is 0 Å². The zero-order chi connectivity index (χ0) is 23.8. The number of carbonyl (C=O) groups excluding carboxylic acids is 2. The van der Waals surface area contributed by atoms with E-state index in [1.807, 2.05) is 41.6 Å². The molecule has 0 radical (unpaired) electrons. The van der Waals surface area contributed by atoms with Crippen molar-refractivity contribution in [3.63, 3.8) is 0 Å². The van der Waals surface area contributed by atoms with Crippen LogP contribution in [-0.4, -0.2) is 93.6 Å². The van der Waals surface area contributed by atoms with E-state index in [0.717, 1.165) is 58.9 Å². The second-order valence-corrected chi connectivity index (χ2v) is 8.53. The van der Waals surface area contributed by atoms with Crippen LogP contribution in [0.4, 0.5) is 0 Å². The maximum Gasteiger partial charge on any atom is 0.249 e. The summed E-state index contributed by atoms with van der Waals surface area (Å²) in [6.07, 6.45) is 6.37. The summed E-state index contributed by atoms with van der Waals surface area (Å²) in [6.45, 7) is 9.63. The molecule has 0 unspecified atom stereocenters. The summed E-state index contributed by atoms with van der Waals surface area (Å²) in [7, 11) is 0. The molecule has 0 bridgehead atoms. The molecule has 2 aliphatic heterocycles. The molecule has 2 heterocycles. The van der Waals surface area contributed by atoms with Gasteiger partial charge in [0.1, 0.15) is 0 Å². The summed E-state index contributed by atoms with van der Waals surface area (Å²) < 4.78 is 0. The molecule has 0 spiro atoms. The lowest BCUT2D eigenvalue weighted by Gasteiger charge is -2.24. The predicted molar refractivity (Wildman–Crippen MR) is 135 cm³/mol. The number of benzene rings is 1. The summed E-state index contributed by atoms with van der Waals surface area (Å²) in [5.74, 6) is -0.370. The van der Waals surface area contributed by atoms with E-state index in [0.29, 0.717) is 25.1 Å². The highest BCUT2D eigenvalue weighted by atomic mass is 16.2. The molecule has 2 amide bonds. The van der Waals surface area contributed by atoms with Crippen molar-refractivity contribution in [2.24, 2.45) is 0 Å². The van der Waals surface area contributed by atoms with Crippen molar-refractivity contribution in [3.05, 3.63) is 59.9 Å². The van der Waals surface area contributed by atoms with Gasteiger partial charge in [0, 0.05) is 90.0 Å². The molecule has 1 saturated heterocycles. The van der Waals surface area contributed by atoms with Gasteiger partial charge in [-0.05, 0) is 12.0 Å². The predicted octanol–water partition coefficient (Wildman–Crippen LogP) is -0.393. The first-order valence-corrected chi connectivity index (χ1v) is 12.3. The van der Waals surface area contributed by atoms with Crippen LogP contribution in [0.15, 0.2) is 54.4 Å². The molecule has 9 nitrogen and oxygen atoms in total. The van der Waals surface area contributed by atoms with Crippen LogP contribution in [0.1, 0.15) is 12.0 Å². The van der Waals surface area contributed by atoms with Gasteiger partial charge in [-0.1, -0.05) is 36.4 Å². The summed E-state index contributed by atoms with van der Waals surface area (Å²) >= 11 is 0. The van der Waals surface area contributed by atoms with Crippen molar-refractivity contribution in [1.29, 1.82) is 0 Å². The normalized spacial score (nSPS) is 18.4. The maximum absolute atomic E-state index is 12.6. The van der Waals surface area contributed by atoms with Crippen LogP contribution in [0.25, 0.3) is 0 Å². The van der Waals surface area contributed by atoms with Crippen LogP contribution in [0.5, 0.6) is 0 Å². The zero-order valence-electron chi connectivity index (χ0n) is 20.0. The standard InChI is InChI=1S/C25H39N7O2/c33-24(29-14-18-31-16-12-27-10-8-26-9-11-28-13-17-31)19-30-25(34)23-7-4-15-32(21-23)20-22-5-2-1-3-6-22/h1-6,15,21,26-28H,7-14,16-20H2,(H,29,33)(H,30,34). The minimum Gasteiger partial charge on any atom is -0.353 e. The average Bonchev–Trinajstić information content (AvgIpc) is 2.85. The largest absolute Gasteiger partial charge is 0.353 e. The molecule has 5 N–H and O–H groups in total. The van der Waals surface area contributed by atoms with E-state index >= 15 is 0 Å². The Balaban J connectivity index is 1.34. The number of amides is 2. The number of carbonyl (C=O) groups is 2. The minimum atomic E-state index is -0.202. The molecule has 9 heteroatoms. The fraction of sp³-hybridized carbons (Fsp3) is 0.520. The van der Waals surface area contributed by atoms with Crippen molar-refractivity contribution in [2.45, 2.75) is 13.0 Å². The second-order valence-electron chi connectivity index (χ2n) is 8.53. The van der Waals surface area contributed by atoms with E-state index in [1.54, 1.807) is 0 Å². The highest BCUT2D eigenvalue weighted by Crippen LogP contribution is 2.15. The van der Waals surface area contributed by atoms with Gasteiger partial charge in [-0.3, -0.25) is 14.5 Å². The van der Waals surface area contributed by atoms with Crippen molar-refractivity contribution in [1.82, 2.24) is 36.4 Å². The van der Waals surface area contributed by atoms with Gasteiger partial charge >= 0.3 is 0 Å². The summed E-state index contributed by atoms with van der Waals surface area (Å²) in [5, 5.41) is 15.9. The Hall–Kier alpha value is -2.72. The summed E-state index contributed by atoms with van der Waals surface area (Å²) in [5.41, 5.74) is 1.83. The van der Waals surface area contributed by atoms with Crippen molar-refractivity contribution in [3.8, 4) is 0 Å². The molecule has 0 aliphatic carbocycles. The average molecular weight is 470 g/mol. The van der Waals surface area contributed by atoms with Crippen LogP contribution in [0.3, 0.4) is 0 Å². The first-order valence-electron chi connectivity index (χ1n) is 12.3. The van der Waals surface area contributed by atoms with E-state index in [2.05, 4.69) is 43.6 Å². The molecule has 34 heavy (non-hydrogen) atoms. The lowest BCUT2D eigenvalue weighted by molar-refractivity contribution is -0.124. The Kier molecular flexibility index (Phi) is 11.6. The van der Waals surface area contributed by atoms with Crippen LogP contribution in [-0.2, 0) is 16.1 Å². The quantitative estimate of drug-likeness (QED) is 0.354. The Bertz CT molecular complexity index is 801. The Morgan fingerprint density at radius 3 is 2.26 bits per heavy atom. The molecule has 0 atom stereocenters. The van der Waals surface area contributed by atoms with Crippen LogP contribution < -0.4 is 26.6 Å². The van der Waals surface area contributed by atoms with Crippen LogP contribution in [0.2, 0.25) is 0 Å². The lowest BCUT2D eigenvalue weighted by Crippen LogP contribution is -2.45. The smallest absolute Gasteiger partial charge is 0.249 e. The Morgan fingerprint density at radius 1 is 0.882 bits per heavy atom. The van der Waals surface area contributed by atoms with Crippen molar-refractivity contribution in [2.75, 3.05) is 72.0 Å². The fourth-order valence-electron chi connectivity index (χ4n) is 3.88. The van der Waals surface area contributed by atoms with Gasteiger partial charge in [0.2, 0.25) is 11.8 Å². The SMILES string of the molecule is O=C(CNC(=O)C1=CN(Cc2ccccc2)C=CC1)NCCN1CCNCCNCCNCC1. The minimum absolute atomic E-state index is 0.0192. The fourth-order valence-corrected chi connectivity index (χ4v) is 3.88. The molecule has 186 valence electrons.